The lowest BCUT2D eigenvalue weighted by Gasteiger charge is -2.42. The van der Waals surface area contributed by atoms with E-state index in [4.69, 9.17) is 0 Å². The van der Waals surface area contributed by atoms with Gasteiger partial charge in [0.25, 0.3) is 10.2 Å². The fourth-order valence-electron chi connectivity index (χ4n) is 2.38. The van der Waals surface area contributed by atoms with Gasteiger partial charge in [0.05, 0.1) is 0 Å². The first-order valence-corrected chi connectivity index (χ1v) is 7.65. The lowest BCUT2D eigenvalue weighted by Crippen LogP contribution is -2.58. The SMILES string of the molecule is CCCNS(=O)(=O)N1CCCC(C)(C)C1C(=O)O. The fourth-order valence-corrected chi connectivity index (χ4v) is 4.03. The summed E-state index contributed by atoms with van der Waals surface area (Å²) in [4.78, 5) is 11.4. The van der Waals surface area contributed by atoms with E-state index in [0.29, 0.717) is 25.8 Å². The number of rotatable bonds is 5. The van der Waals surface area contributed by atoms with Crippen LogP contribution in [0.3, 0.4) is 0 Å². The van der Waals surface area contributed by atoms with E-state index in [2.05, 4.69) is 4.72 Å². The average molecular weight is 278 g/mol. The summed E-state index contributed by atoms with van der Waals surface area (Å²) < 4.78 is 27.7. The molecule has 7 heteroatoms. The first kappa shape index (κ1) is 15.4. The van der Waals surface area contributed by atoms with E-state index in [9.17, 15) is 18.3 Å². The van der Waals surface area contributed by atoms with Crippen LogP contribution in [-0.4, -0.2) is 42.9 Å². The molecule has 106 valence electrons. The molecule has 0 aromatic rings. The van der Waals surface area contributed by atoms with Crippen LogP contribution in [0.1, 0.15) is 40.0 Å². The van der Waals surface area contributed by atoms with Gasteiger partial charge in [-0.1, -0.05) is 20.8 Å². The molecule has 1 aliphatic heterocycles. The summed E-state index contributed by atoms with van der Waals surface area (Å²) in [5, 5.41) is 9.30. The van der Waals surface area contributed by atoms with Crippen LogP contribution >= 0.6 is 0 Å². The fraction of sp³-hybridized carbons (Fsp3) is 0.909. The van der Waals surface area contributed by atoms with Crippen molar-refractivity contribution in [3.05, 3.63) is 0 Å². The van der Waals surface area contributed by atoms with E-state index in [1.165, 1.54) is 0 Å². The number of nitrogens with zero attached hydrogens (tertiary/aromatic N) is 1. The first-order chi connectivity index (χ1) is 8.22. The smallest absolute Gasteiger partial charge is 0.322 e. The van der Waals surface area contributed by atoms with Gasteiger partial charge in [-0.25, -0.2) is 4.72 Å². The Balaban J connectivity index is 3.01. The molecular weight excluding hydrogens is 256 g/mol. The van der Waals surface area contributed by atoms with E-state index in [1.54, 1.807) is 13.8 Å². The number of carboxylic acids is 1. The quantitative estimate of drug-likeness (QED) is 0.779. The molecule has 0 aliphatic carbocycles. The third-order valence-electron chi connectivity index (χ3n) is 3.30. The third kappa shape index (κ3) is 3.21. The Labute approximate surface area is 109 Å². The number of hydrogen-bond acceptors (Lipinski definition) is 3. The largest absolute Gasteiger partial charge is 0.480 e. The van der Waals surface area contributed by atoms with Crippen molar-refractivity contribution >= 4 is 16.2 Å². The van der Waals surface area contributed by atoms with Crippen LogP contribution in [0.5, 0.6) is 0 Å². The molecule has 0 bridgehead atoms. The Morgan fingerprint density at radius 3 is 2.61 bits per heavy atom. The number of piperidine rings is 1. The molecule has 0 amide bonds. The van der Waals surface area contributed by atoms with E-state index in [-0.39, 0.29) is 6.54 Å². The third-order valence-corrected chi connectivity index (χ3v) is 4.88. The van der Waals surface area contributed by atoms with E-state index < -0.39 is 27.6 Å². The summed E-state index contributed by atoms with van der Waals surface area (Å²) in [6, 6.07) is -0.999. The number of nitrogens with one attached hydrogen (secondary N) is 1. The normalized spacial score (nSPS) is 24.9. The highest BCUT2D eigenvalue weighted by Crippen LogP contribution is 2.36. The minimum absolute atomic E-state index is 0.263. The standard InChI is InChI=1S/C11H22N2O4S/c1-4-7-12-18(16,17)13-8-5-6-11(2,3)9(13)10(14)15/h9,12H,4-8H2,1-3H3,(H,14,15). The van der Waals surface area contributed by atoms with Crippen molar-refractivity contribution in [2.45, 2.75) is 46.1 Å². The van der Waals surface area contributed by atoms with Gasteiger partial charge >= 0.3 is 5.97 Å². The van der Waals surface area contributed by atoms with Crippen LogP contribution in [0.2, 0.25) is 0 Å². The molecule has 1 aliphatic rings. The van der Waals surface area contributed by atoms with Gasteiger partial charge in [0.15, 0.2) is 0 Å². The van der Waals surface area contributed by atoms with Crippen molar-refractivity contribution in [2.75, 3.05) is 13.1 Å². The number of carbonyl (C=O) groups is 1. The van der Waals surface area contributed by atoms with Crippen molar-refractivity contribution in [2.24, 2.45) is 5.41 Å². The topological polar surface area (TPSA) is 86.7 Å². The van der Waals surface area contributed by atoms with Gasteiger partial charge in [-0.2, -0.15) is 12.7 Å². The monoisotopic (exact) mass is 278 g/mol. The van der Waals surface area contributed by atoms with Gasteiger partial charge in [0.2, 0.25) is 0 Å². The zero-order valence-electron chi connectivity index (χ0n) is 11.1. The average Bonchev–Trinajstić information content (AvgIpc) is 2.24. The molecule has 0 saturated carbocycles. The summed E-state index contributed by atoms with van der Waals surface area (Å²) in [6.07, 6.45) is 2.07. The van der Waals surface area contributed by atoms with Gasteiger partial charge in [0.1, 0.15) is 6.04 Å². The predicted octanol–water partition coefficient (Wildman–Crippen LogP) is 0.806. The maximum atomic E-state index is 12.1. The molecule has 1 heterocycles. The van der Waals surface area contributed by atoms with Gasteiger partial charge in [0, 0.05) is 13.1 Å². The van der Waals surface area contributed by atoms with Gasteiger partial charge in [-0.15, -0.1) is 0 Å². The number of hydrogen-bond donors (Lipinski definition) is 2. The molecule has 0 aromatic carbocycles. The predicted molar refractivity (Wildman–Crippen MR) is 68.4 cm³/mol. The summed E-state index contributed by atoms with van der Waals surface area (Å²) in [7, 11) is -3.71. The lowest BCUT2D eigenvalue weighted by molar-refractivity contribution is -0.147. The Kier molecular flexibility index (Phi) is 4.74. The minimum atomic E-state index is -3.71. The molecule has 1 unspecified atom stereocenters. The van der Waals surface area contributed by atoms with Crippen LogP contribution in [0.15, 0.2) is 0 Å². The van der Waals surface area contributed by atoms with Crippen molar-refractivity contribution in [1.82, 2.24) is 9.03 Å². The Morgan fingerprint density at radius 2 is 2.11 bits per heavy atom. The summed E-state index contributed by atoms with van der Waals surface area (Å²) >= 11 is 0. The molecule has 18 heavy (non-hydrogen) atoms. The van der Waals surface area contributed by atoms with E-state index in [1.807, 2.05) is 6.92 Å². The van der Waals surface area contributed by atoms with Crippen molar-refractivity contribution < 1.29 is 18.3 Å². The van der Waals surface area contributed by atoms with Gasteiger partial charge in [-0.05, 0) is 24.7 Å². The molecule has 6 nitrogen and oxygen atoms in total. The van der Waals surface area contributed by atoms with Crippen LogP contribution in [-0.2, 0) is 15.0 Å². The van der Waals surface area contributed by atoms with Crippen molar-refractivity contribution in [1.29, 1.82) is 0 Å². The highest BCUT2D eigenvalue weighted by atomic mass is 32.2. The van der Waals surface area contributed by atoms with Crippen LogP contribution in [0, 0.1) is 5.41 Å². The van der Waals surface area contributed by atoms with Crippen molar-refractivity contribution in [3.8, 4) is 0 Å². The maximum absolute atomic E-state index is 12.1. The second kappa shape index (κ2) is 5.54. The Bertz CT molecular complexity index is 405. The zero-order chi connectivity index (χ0) is 14.0. The minimum Gasteiger partial charge on any atom is -0.480 e. The van der Waals surface area contributed by atoms with Crippen LogP contribution < -0.4 is 4.72 Å². The Hall–Kier alpha value is -0.660. The van der Waals surface area contributed by atoms with Crippen LogP contribution in [0.25, 0.3) is 0 Å². The number of carboxylic acid groups (broad SMARTS) is 1. The molecule has 2 N–H and O–H groups in total. The molecule has 0 spiro atoms. The van der Waals surface area contributed by atoms with Gasteiger partial charge in [-0.3, -0.25) is 4.79 Å². The molecule has 1 atom stereocenters. The van der Waals surface area contributed by atoms with E-state index in [0.717, 1.165) is 4.31 Å². The van der Waals surface area contributed by atoms with Gasteiger partial charge < -0.3 is 5.11 Å². The summed E-state index contributed by atoms with van der Waals surface area (Å²) in [5.41, 5.74) is -0.551. The maximum Gasteiger partial charge on any atom is 0.322 e. The Morgan fingerprint density at radius 1 is 1.50 bits per heavy atom. The van der Waals surface area contributed by atoms with Crippen LogP contribution in [0.4, 0.5) is 0 Å². The second-order valence-corrected chi connectivity index (χ2v) is 7.05. The molecule has 0 aromatic heterocycles. The lowest BCUT2D eigenvalue weighted by atomic mass is 9.77. The molecular formula is C11H22N2O4S. The summed E-state index contributed by atoms with van der Waals surface area (Å²) in [6.45, 7) is 6.04. The zero-order valence-corrected chi connectivity index (χ0v) is 12.0. The number of aliphatic carboxylic acids is 1. The van der Waals surface area contributed by atoms with E-state index >= 15 is 0 Å². The molecule has 1 fully saturated rings. The highest BCUT2D eigenvalue weighted by molar-refractivity contribution is 7.87. The first-order valence-electron chi connectivity index (χ1n) is 6.21. The molecule has 1 rings (SSSR count). The highest BCUT2D eigenvalue weighted by Gasteiger charge is 2.47. The summed E-state index contributed by atoms with van der Waals surface area (Å²) in [5.74, 6) is -1.08. The van der Waals surface area contributed by atoms with Crippen molar-refractivity contribution in [3.63, 3.8) is 0 Å². The molecule has 0 radical (unpaired) electrons. The second-order valence-electron chi connectivity index (χ2n) is 5.34. The molecule has 1 saturated heterocycles.